The summed E-state index contributed by atoms with van der Waals surface area (Å²) in [7, 11) is -3.61. The monoisotopic (exact) mass is 442 g/mol. The molecule has 4 heterocycles. The van der Waals surface area contributed by atoms with E-state index in [1.54, 1.807) is 12.4 Å². The van der Waals surface area contributed by atoms with Crippen LogP contribution in [-0.2, 0) is 16.6 Å². The zero-order chi connectivity index (χ0) is 22.0. The number of rotatable bonds is 6. The van der Waals surface area contributed by atoms with Crippen molar-refractivity contribution in [3.63, 3.8) is 0 Å². The first kappa shape index (κ1) is 21.2. The van der Waals surface area contributed by atoms with E-state index in [1.165, 1.54) is 10.6 Å². The van der Waals surface area contributed by atoms with Gasteiger partial charge in [0.25, 0.3) is 10.0 Å². The van der Waals surface area contributed by atoms with E-state index < -0.39 is 10.0 Å². The molecular formula is C20H26N8O2S. The summed E-state index contributed by atoms with van der Waals surface area (Å²) in [6.45, 7) is 8.26. The third-order valence-corrected chi connectivity index (χ3v) is 7.06. The number of nitrogens with one attached hydrogen (secondary N) is 1. The lowest BCUT2D eigenvalue weighted by atomic mass is 10.3. The van der Waals surface area contributed by atoms with Gasteiger partial charge in [-0.05, 0) is 38.5 Å². The van der Waals surface area contributed by atoms with E-state index in [4.69, 9.17) is 0 Å². The number of sulfonamides is 1. The number of nitrogens with zero attached hydrogens (tertiary/aromatic N) is 7. The second-order valence-corrected chi connectivity index (χ2v) is 9.29. The molecule has 1 saturated heterocycles. The summed E-state index contributed by atoms with van der Waals surface area (Å²) in [6.07, 6.45) is 4.85. The molecule has 31 heavy (non-hydrogen) atoms. The Balaban J connectivity index is 1.44. The highest BCUT2D eigenvalue weighted by Crippen LogP contribution is 2.22. The van der Waals surface area contributed by atoms with Gasteiger partial charge in [0, 0.05) is 51.2 Å². The average Bonchev–Trinajstić information content (AvgIpc) is 3.16. The third-order valence-electron chi connectivity index (χ3n) is 5.29. The van der Waals surface area contributed by atoms with Crippen LogP contribution in [0.5, 0.6) is 0 Å². The van der Waals surface area contributed by atoms with Gasteiger partial charge in [0.15, 0.2) is 5.03 Å². The highest BCUT2D eigenvalue weighted by molar-refractivity contribution is 7.89. The Morgan fingerprint density at radius 3 is 2.45 bits per heavy atom. The fraction of sp³-hybridized carbons (Fsp3) is 0.400. The molecule has 164 valence electrons. The molecule has 0 spiro atoms. The van der Waals surface area contributed by atoms with Crippen LogP contribution in [-0.4, -0.2) is 63.4 Å². The highest BCUT2D eigenvalue weighted by atomic mass is 32.2. The summed E-state index contributed by atoms with van der Waals surface area (Å²) >= 11 is 0. The molecule has 0 amide bonds. The van der Waals surface area contributed by atoms with Crippen LogP contribution in [0.15, 0.2) is 41.9 Å². The SMILES string of the molecule is CCn1cc(S(=O)(=O)N2CCN(c3cc(Nc4cc(C)ccn4)ncn3)CC2)nc1C. The smallest absolute Gasteiger partial charge is 0.262 e. The van der Waals surface area contributed by atoms with Gasteiger partial charge >= 0.3 is 0 Å². The summed E-state index contributed by atoms with van der Waals surface area (Å²) < 4.78 is 29.3. The van der Waals surface area contributed by atoms with Gasteiger partial charge in [0.05, 0.1) is 0 Å². The molecule has 3 aromatic rings. The molecule has 0 unspecified atom stereocenters. The molecule has 3 aromatic heterocycles. The lowest BCUT2D eigenvalue weighted by molar-refractivity contribution is 0.382. The van der Waals surface area contributed by atoms with E-state index in [0.717, 1.165) is 11.4 Å². The second-order valence-electron chi connectivity index (χ2n) is 7.41. The van der Waals surface area contributed by atoms with Gasteiger partial charge < -0.3 is 14.8 Å². The van der Waals surface area contributed by atoms with Crippen molar-refractivity contribution in [2.75, 3.05) is 36.4 Å². The molecule has 0 radical (unpaired) electrons. The Hall–Kier alpha value is -3.05. The van der Waals surface area contributed by atoms with Gasteiger partial charge in [-0.2, -0.15) is 4.31 Å². The van der Waals surface area contributed by atoms with Crippen molar-refractivity contribution in [1.29, 1.82) is 0 Å². The molecule has 0 bridgehead atoms. The minimum absolute atomic E-state index is 0.111. The Labute approximate surface area is 182 Å². The minimum Gasteiger partial charge on any atom is -0.354 e. The Bertz CT molecular complexity index is 1170. The number of imidazole rings is 1. The van der Waals surface area contributed by atoms with Gasteiger partial charge in [-0.3, -0.25) is 0 Å². The molecule has 0 saturated carbocycles. The van der Waals surface area contributed by atoms with Gasteiger partial charge in [-0.1, -0.05) is 0 Å². The van der Waals surface area contributed by atoms with E-state index >= 15 is 0 Å². The molecule has 1 aliphatic rings. The summed E-state index contributed by atoms with van der Waals surface area (Å²) in [6, 6.07) is 5.71. The Morgan fingerprint density at radius 2 is 1.77 bits per heavy atom. The Morgan fingerprint density at radius 1 is 1.03 bits per heavy atom. The lowest BCUT2D eigenvalue weighted by Crippen LogP contribution is -2.49. The molecule has 1 fully saturated rings. The summed E-state index contributed by atoms with van der Waals surface area (Å²) in [4.78, 5) is 19.2. The van der Waals surface area contributed by atoms with Gasteiger partial charge in [0.2, 0.25) is 0 Å². The van der Waals surface area contributed by atoms with Gasteiger partial charge in [0.1, 0.15) is 29.6 Å². The van der Waals surface area contributed by atoms with Crippen LogP contribution in [0.1, 0.15) is 18.3 Å². The van der Waals surface area contributed by atoms with E-state index in [2.05, 4.69) is 30.2 Å². The van der Waals surface area contributed by atoms with Crippen LogP contribution in [0, 0.1) is 13.8 Å². The normalized spacial score (nSPS) is 15.3. The van der Waals surface area contributed by atoms with E-state index in [-0.39, 0.29) is 5.03 Å². The van der Waals surface area contributed by atoms with Crippen LogP contribution in [0.3, 0.4) is 0 Å². The van der Waals surface area contributed by atoms with E-state index in [0.29, 0.717) is 50.2 Å². The molecule has 0 aliphatic carbocycles. The minimum atomic E-state index is -3.61. The molecule has 1 N–H and O–H groups in total. The fourth-order valence-electron chi connectivity index (χ4n) is 3.54. The molecule has 4 rings (SSSR count). The maximum Gasteiger partial charge on any atom is 0.262 e. The van der Waals surface area contributed by atoms with Crippen molar-refractivity contribution in [1.82, 2.24) is 28.8 Å². The summed E-state index contributed by atoms with van der Waals surface area (Å²) in [5, 5.41) is 3.30. The Kier molecular flexibility index (Phi) is 5.88. The first-order valence-corrected chi connectivity index (χ1v) is 11.6. The van der Waals surface area contributed by atoms with Crippen molar-refractivity contribution in [2.24, 2.45) is 0 Å². The summed E-state index contributed by atoms with van der Waals surface area (Å²) in [5.41, 5.74) is 1.10. The number of aryl methyl sites for hydroxylation is 3. The molecule has 0 atom stereocenters. The van der Waals surface area contributed by atoms with Crippen LogP contribution in [0.2, 0.25) is 0 Å². The average molecular weight is 443 g/mol. The van der Waals surface area contributed by atoms with Gasteiger partial charge in [-0.25, -0.2) is 28.4 Å². The fourth-order valence-corrected chi connectivity index (χ4v) is 4.95. The first-order chi connectivity index (χ1) is 14.9. The predicted octanol–water partition coefficient (Wildman–Crippen LogP) is 1.96. The molecule has 0 aromatic carbocycles. The number of aromatic nitrogens is 5. The largest absolute Gasteiger partial charge is 0.354 e. The first-order valence-electron chi connectivity index (χ1n) is 10.2. The maximum absolute atomic E-state index is 13.0. The van der Waals surface area contributed by atoms with E-state index in [1.807, 2.05) is 43.5 Å². The third kappa shape index (κ3) is 4.52. The van der Waals surface area contributed by atoms with Crippen LogP contribution in [0.25, 0.3) is 0 Å². The standard InChI is InChI=1S/C20H26N8O2S/c1-4-26-13-20(24-16(26)3)31(29,30)28-9-7-27(8-10-28)19-12-18(22-14-23-19)25-17-11-15(2)5-6-21-17/h5-6,11-14H,4,7-10H2,1-3H3,(H,21,22,23,25). The topological polar surface area (TPSA) is 109 Å². The van der Waals surface area contributed by atoms with Crippen LogP contribution >= 0.6 is 0 Å². The van der Waals surface area contributed by atoms with Crippen molar-refractivity contribution in [2.45, 2.75) is 32.3 Å². The van der Waals surface area contributed by atoms with Crippen molar-refractivity contribution in [3.8, 4) is 0 Å². The lowest BCUT2D eigenvalue weighted by Gasteiger charge is -2.34. The van der Waals surface area contributed by atoms with Crippen molar-refractivity contribution in [3.05, 3.63) is 48.3 Å². The predicted molar refractivity (Wildman–Crippen MR) is 118 cm³/mol. The van der Waals surface area contributed by atoms with Crippen molar-refractivity contribution >= 4 is 27.5 Å². The number of hydrogen-bond donors (Lipinski definition) is 1. The van der Waals surface area contributed by atoms with Gasteiger partial charge in [-0.15, -0.1) is 0 Å². The second kappa shape index (κ2) is 8.60. The zero-order valence-corrected chi connectivity index (χ0v) is 18.7. The number of hydrogen-bond acceptors (Lipinski definition) is 8. The van der Waals surface area contributed by atoms with Crippen molar-refractivity contribution < 1.29 is 8.42 Å². The number of pyridine rings is 1. The van der Waals surface area contributed by atoms with Crippen LogP contribution in [0.4, 0.5) is 17.5 Å². The zero-order valence-electron chi connectivity index (χ0n) is 17.9. The number of piperazine rings is 1. The maximum atomic E-state index is 13.0. The molecule has 1 aliphatic heterocycles. The molecule has 10 nitrogen and oxygen atoms in total. The van der Waals surface area contributed by atoms with Crippen LogP contribution < -0.4 is 10.2 Å². The molecule has 11 heteroatoms. The summed E-state index contributed by atoms with van der Waals surface area (Å²) in [5.74, 6) is 2.79. The highest BCUT2D eigenvalue weighted by Gasteiger charge is 2.31. The quantitative estimate of drug-likeness (QED) is 0.617. The number of anilines is 3. The van der Waals surface area contributed by atoms with E-state index in [9.17, 15) is 8.42 Å². The molecular weight excluding hydrogens is 416 g/mol.